The Labute approximate surface area is 480 Å². The number of esters is 1. The monoisotopic (exact) mass is 1100 g/mol. The van der Waals surface area contributed by atoms with Crippen molar-refractivity contribution in [2.75, 3.05) is 13.2 Å². The maximum atomic E-state index is 13.4. The molecule has 8 atom stereocenters. The summed E-state index contributed by atoms with van der Waals surface area (Å²) < 4.78 is 17.6. The van der Waals surface area contributed by atoms with E-state index in [-0.39, 0.29) is 19.4 Å². The molecule has 0 radical (unpaired) electrons. The molecule has 0 aliphatic carbocycles. The summed E-state index contributed by atoms with van der Waals surface area (Å²) in [7, 11) is 0. The van der Waals surface area contributed by atoms with E-state index in [0.29, 0.717) is 12.8 Å². The van der Waals surface area contributed by atoms with Gasteiger partial charge in [-0.25, -0.2) is 0 Å². The van der Waals surface area contributed by atoms with Crippen LogP contribution >= 0.6 is 0 Å². The van der Waals surface area contributed by atoms with Crippen molar-refractivity contribution in [1.29, 1.82) is 0 Å². The number of hydrogen-bond donors (Lipinski definition) is 6. The largest absolute Gasteiger partial charge is 0.454 e. The topological polar surface area (TPSA) is 175 Å². The number of unbranched alkanes of at least 4 members (excludes halogenated alkanes) is 21. The Hall–Kier alpha value is -4.20. The predicted molar refractivity (Wildman–Crippen MR) is 328 cm³/mol. The maximum Gasteiger partial charge on any atom is 0.306 e. The lowest BCUT2D eigenvalue weighted by molar-refractivity contribution is -0.305. The Morgan fingerprint density at radius 2 is 0.962 bits per heavy atom. The molecule has 0 spiro atoms. The molecule has 0 saturated carbocycles. The van der Waals surface area contributed by atoms with Gasteiger partial charge in [0, 0.05) is 6.42 Å². The summed E-state index contributed by atoms with van der Waals surface area (Å²) >= 11 is 0. The Balaban J connectivity index is 2.76. The summed E-state index contributed by atoms with van der Waals surface area (Å²) in [6, 6.07) is -1.05. The highest BCUT2D eigenvalue weighted by molar-refractivity contribution is 5.80. The molecule has 1 saturated heterocycles. The number of ether oxygens (including phenoxy) is 3. The Bertz CT molecular complexity index is 1790. The number of nitrogens with one attached hydrogen (secondary N) is 1. The molecule has 1 fully saturated rings. The van der Waals surface area contributed by atoms with Gasteiger partial charge in [-0.15, -0.1) is 0 Å². The fourth-order valence-electron chi connectivity index (χ4n) is 8.78. The van der Waals surface area contributed by atoms with Crippen molar-refractivity contribution in [2.45, 2.75) is 269 Å². The fourth-order valence-corrected chi connectivity index (χ4v) is 8.78. The van der Waals surface area contributed by atoms with E-state index >= 15 is 0 Å². The molecule has 1 rings (SSSR count). The van der Waals surface area contributed by atoms with Crippen molar-refractivity contribution in [3.63, 3.8) is 0 Å². The average Bonchev–Trinajstić information content (AvgIpc) is 3.49. The van der Waals surface area contributed by atoms with E-state index in [2.05, 4.69) is 86.8 Å². The standard InChI is InChI=1S/C68H111NO10/c1-4-7-10-13-16-19-22-25-27-29-30-31-33-34-37-40-43-46-49-52-55-61(72)67(76)69-59(60(71)54-51-48-45-42-39-36-24-21-18-15-12-9-6-3)58-77-68-66(65(75)64(74)62(57-70)78-68)79-63(73)56-53-50-47-44-41-38-35-32-28-26-23-20-17-14-11-8-5-2/h8,11,14,16-17,19-20,23,25-28,30-32,34-35,37-38,41,51,54,59-62,64-66,68,70-72,74-75H,4-7,9-10,12-13,15,18,21-22,24,29,33,36,39-40,42-50,52-53,55-58H2,1-3H3,(H,69,76)/b11-8-,17-14+,19-16-,23-20+,27-25-,28-26-,31-30-,35-32+,37-34-,41-38+,54-51+. The normalized spacial score (nSPS) is 19.8. The second-order valence-electron chi connectivity index (χ2n) is 20.9. The lowest BCUT2D eigenvalue weighted by atomic mass is 9.99. The van der Waals surface area contributed by atoms with Gasteiger partial charge in [0.15, 0.2) is 12.4 Å². The summed E-state index contributed by atoms with van der Waals surface area (Å²) in [5.74, 6) is -1.27. The first kappa shape index (κ1) is 72.8. The van der Waals surface area contributed by atoms with E-state index in [9.17, 15) is 35.1 Å². The first-order valence-electron chi connectivity index (χ1n) is 31.0. The van der Waals surface area contributed by atoms with Crippen LogP contribution in [0.25, 0.3) is 0 Å². The van der Waals surface area contributed by atoms with Gasteiger partial charge in [-0.1, -0.05) is 257 Å². The second kappa shape index (κ2) is 54.4. The molecule has 79 heavy (non-hydrogen) atoms. The zero-order chi connectivity index (χ0) is 57.5. The molecule has 1 heterocycles. The van der Waals surface area contributed by atoms with Crippen LogP contribution in [0.2, 0.25) is 0 Å². The van der Waals surface area contributed by atoms with Crippen LogP contribution in [0.4, 0.5) is 0 Å². The molecule has 11 heteroatoms. The number of carbonyl (C=O) groups excluding carboxylic acids is 2. The molecule has 0 bridgehead atoms. The maximum absolute atomic E-state index is 13.4. The molecule has 6 N–H and O–H groups in total. The molecule has 0 aromatic rings. The van der Waals surface area contributed by atoms with Gasteiger partial charge in [0.05, 0.1) is 25.4 Å². The molecular weight excluding hydrogens is 991 g/mol. The van der Waals surface area contributed by atoms with Crippen molar-refractivity contribution in [1.82, 2.24) is 5.32 Å². The van der Waals surface area contributed by atoms with Crippen LogP contribution in [-0.2, 0) is 23.8 Å². The van der Waals surface area contributed by atoms with Gasteiger partial charge in [-0.2, -0.15) is 0 Å². The number of aliphatic hydroxyl groups excluding tert-OH is 5. The van der Waals surface area contributed by atoms with E-state index in [1.54, 1.807) is 6.08 Å². The van der Waals surface area contributed by atoms with Crippen molar-refractivity contribution in [3.05, 3.63) is 134 Å². The van der Waals surface area contributed by atoms with E-state index in [1.807, 2.05) is 66.8 Å². The fraction of sp³-hybridized carbons (Fsp3) is 0.647. The van der Waals surface area contributed by atoms with Crippen LogP contribution in [0.5, 0.6) is 0 Å². The van der Waals surface area contributed by atoms with Crippen LogP contribution in [0, 0.1) is 0 Å². The van der Waals surface area contributed by atoms with Crippen LogP contribution in [-0.4, -0.2) is 99.6 Å². The van der Waals surface area contributed by atoms with Crippen molar-refractivity contribution in [2.24, 2.45) is 0 Å². The number of hydrogen-bond acceptors (Lipinski definition) is 10. The highest BCUT2D eigenvalue weighted by atomic mass is 16.7. The van der Waals surface area contributed by atoms with E-state index in [0.717, 1.165) is 96.3 Å². The molecule has 0 aromatic heterocycles. The Morgan fingerprint density at radius 1 is 0.519 bits per heavy atom. The molecule has 8 unspecified atom stereocenters. The third kappa shape index (κ3) is 42.3. The minimum absolute atomic E-state index is 0.0616. The Morgan fingerprint density at radius 3 is 1.51 bits per heavy atom. The lowest BCUT2D eigenvalue weighted by Crippen LogP contribution is -2.61. The minimum Gasteiger partial charge on any atom is -0.454 e. The molecule has 1 aliphatic rings. The van der Waals surface area contributed by atoms with E-state index in [1.165, 1.54) is 77.0 Å². The van der Waals surface area contributed by atoms with E-state index < -0.39 is 67.4 Å². The van der Waals surface area contributed by atoms with Crippen molar-refractivity contribution in [3.8, 4) is 0 Å². The summed E-state index contributed by atoms with van der Waals surface area (Å²) in [5.41, 5.74) is 0. The summed E-state index contributed by atoms with van der Waals surface area (Å²) in [6.07, 6.45) is 66.2. The zero-order valence-electron chi connectivity index (χ0n) is 49.4. The minimum atomic E-state index is -1.65. The van der Waals surface area contributed by atoms with Crippen LogP contribution in [0.1, 0.15) is 220 Å². The molecule has 11 nitrogen and oxygen atoms in total. The molecule has 1 amide bonds. The second-order valence-corrected chi connectivity index (χ2v) is 20.9. The van der Waals surface area contributed by atoms with E-state index in [4.69, 9.17) is 14.2 Å². The van der Waals surface area contributed by atoms with Gasteiger partial charge >= 0.3 is 5.97 Å². The van der Waals surface area contributed by atoms with Gasteiger partial charge in [-0.3, -0.25) is 9.59 Å². The zero-order valence-corrected chi connectivity index (χ0v) is 49.4. The predicted octanol–water partition coefficient (Wildman–Crippen LogP) is 14.8. The van der Waals surface area contributed by atoms with Gasteiger partial charge in [-0.05, 0) is 89.9 Å². The van der Waals surface area contributed by atoms with Crippen LogP contribution in [0.15, 0.2) is 134 Å². The molecule has 0 aromatic carbocycles. The Kier molecular flexibility index (Phi) is 50.1. The van der Waals surface area contributed by atoms with Gasteiger partial charge in [0.2, 0.25) is 5.91 Å². The first-order chi connectivity index (χ1) is 38.7. The lowest BCUT2D eigenvalue weighted by Gasteiger charge is -2.41. The smallest absolute Gasteiger partial charge is 0.306 e. The highest BCUT2D eigenvalue weighted by Gasteiger charge is 2.47. The number of amides is 1. The van der Waals surface area contributed by atoms with Crippen LogP contribution in [0.3, 0.4) is 0 Å². The summed E-state index contributed by atoms with van der Waals surface area (Å²) in [4.78, 5) is 26.5. The number of allylic oxidation sites excluding steroid dienone is 21. The quantitative estimate of drug-likeness (QED) is 0.0149. The molecular formula is C68H111NO10. The summed E-state index contributed by atoms with van der Waals surface area (Å²) in [5, 5.41) is 57.0. The number of rotatable bonds is 50. The van der Waals surface area contributed by atoms with Crippen molar-refractivity contribution < 1.29 is 49.3 Å². The summed E-state index contributed by atoms with van der Waals surface area (Å²) in [6.45, 7) is 5.56. The number of carbonyl (C=O) groups is 2. The average molecular weight is 1100 g/mol. The first-order valence-corrected chi connectivity index (χ1v) is 31.0. The molecule has 448 valence electrons. The number of aliphatic hydroxyl groups is 5. The van der Waals surface area contributed by atoms with Gasteiger partial charge in [0.25, 0.3) is 0 Å². The third-order valence-corrected chi connectivity index (χ3v) is 13.7. The van der Waals surface area contributed by atoms with Crippen molar-refractivity contribution >= 4 is 11.9 Å². The molecule has 1 aliphatic heterocycles. The highest BCUT2D eigenvalue weighted by Crippen LogP contribution is 2.26. The van der Waals surface area contributed by atoms with Gasteiger partial charge < -0.3 is 45.1 Å². The third-order valence-electron chi connectivity index (χ3n) is 13.7. The van der Waals surface area contributed by atoms with Gasteiger partial charge in [0.1, 0.15) is 24.4 Å². The van der Waals surface area contributed by atoms with Crippen LogP contribution < -0.4 is 5.32 Å². The SMILES string of the molecule is CC\C=C/C=C/C=C/C=C\C=C\C=C\CCCCCC(=O)OC1C(OCC(NC(=O)C(O)CCCCCC/C=C\C/C=C\C/C=C\C/C=C\CCCCC)C(O)/C=C/CCCCCCCCCCCCC)OC(CO)C(O)C1O.